The first-order valence-electron chi connectivity index (χ1n) is 5.82. The van der Waals surface area contributed by atoms with Gasteiger partial charge in [-0.05, 0) is 13.8 Å². The SMILES string of the molecule is CCOC(=O)c1sc2sc(C(=O)OCC)c(O)c2c1O. The quantitative estimate of drug-likeness (QED) is 0.842. The summed E-state index contributed by atoms with van der Waals surface area (Å²) in [6.45, 7) is 3.68. The molecule has 0 aromatic carbocycles. The van der Waals surface area contributed by atoms with Crippen LogP contribution in [0.5, 0.6) is 11.5 Å². The molecule has 108 valence electrons. The molecule has 0 aliphatic carbocycles. The minimum absolute atomic E-state index is 0.0128. The lowest BCUT2D eigenvalue weighted by atomic mass is 10.3. The smallest absolute Gasteiger partial charge is 0.352 e. The fourth-order valence-electron chi connectivity index (χ4n) is 1.61. The number of hydrogen-bond acceptors (Lipinski definition) is 8. The zero-order chi connectivity index (χ0) is 14.9. The summed E-state index contributed by atoms with van der Waals surface area (Å²) >= 11 is 1.94. The zero-order valence-corrected chi connectivity index (χ0v) is 12.4. The molecule has 0 spiro atoms. The molecular formula is C12H12O6S2. The summed E-state index contributed by atoms with van der Waals surface area (Å²) < 4.78 is 10.1. The third-order valence-corrected chi connectivity index (χ3v) is 4.83. The van der Waals surface area contributed by atoms with Crippen LogP contribution in [-0.4, -0.2) is 35.4 Å². The lowest BCUT2D eigenvalue weighted by molar-refractivity contribution is 0.0520. The fourth-order valence-corrected chi connectivity index (χ4v) is 3.92. The van der Waals surface area contributed by atoms with Gasteiger partial charge >= 0.3 is 11.9 Å². The molecule has 2 aromatic heterocycles. The van der Waals surface area contributed by atoms with E-state index in [-0.39, 0.29) is 39.9 Å². The number of thiophene rings is 2. The van der Waals surface area contributed by atoms with Crippen LogP contribution in [0, 0.1) is 0 Å². The van der Waals surface area contributed by atoms with E-state index in [1.807, 2.05) is 0 Å². The van der Waals surface area contributed by atoms with Gasteiger partial charge in [0.1, 0.15) is 0 Å². The zero-order valence-electron chi connectivity index (χ0n) is 10.8. The van der Waals surface area contributed by atoms with Gasteiger partial charge < -0.3 is 19.7 Å². The third-order valence-electron chi connectivity index (χ3n) is 2.42. The highest BCUT2D eigenvalue weighted by Gasteiger charge is 2.28. The van der Waals surface area contributed by atoms with Crippen molar-refractivity contribution in [2.75, 3.05) is 13.2 Å². The van der Waals surface area contributed by atoms with Crippen LogP contribution in [0.1, 0.15) is 33.2 Å². The van der Waals surface area contributed by atoms with Crippen LogP contribution >= 0.6 is 22.7 Å². The van der Waals surface area contributed by atoms with E-state index >= 15 is 0 Å². The number of esters is 2. The molecule has 2 rings (SSSR count). The molecule has 0 atom stereocenters. The topological polar surface area (TPSA) is 93.1 Å². The molecule has 6 nitrogen and oxygen atoms in total. The number of ether oxygens (including phenoxy) is 2. The highest BCUT2D eigenvalue weighted by atomic mass is 32.2. The van der Waals surface area contributed by atoms with Crippen molar-refractivity contribution in [2.45, 2.75) is 13.8 Å². The molecule has 0 unspecified atom stereocenters. The Morgan fingerprint density at radius 3 is 1.65 bits per heavy atom. The van der Waals surface area contributed by atoms with Crippen LogP contribution in [0.2, 0.25) is 0 Å². The van der Waals surface area contributed by atoms with Crippen LogP contribution in [-0.2, 0) is 9.47 Å². The van der Waals surface area contributed by atoms with Gasteiger partial charge in [-0.3, -0.25) is 0 Å². The Labute approximate surface area is 122 Å². The number of hydrogen-bond donors (Lipinski definition) is 2. The normalized spacial score (nSPS) is 10.7. The summed E-state index contributed by atoms with van der Waals surface area (Å²) in [6.07, 6.45) is 0. The molecule has 2 N–H and O–H groups in total. The Morgan fingerprint density at radius 1 is 0.950 bits per heavy atom. The number of fused-ring (bicyclic) bond motifs is 1. The van der Waals surface area contributed by atoms with E-state index in [0.717, 1.165) is 22.7 Å². The second-order valence-electron chi connectivity index (χ2n) is 3.66. The van der Waals surface area contributed by atoms with Crippen molar-refractivity contribution in [1.29, 1.82) is 0 Å². The maximum absolute atomic E-state index is 11.6. The van der Waals surface area contributed by atoms with Gasteiger partial charge in [0.15, 0.2) is 21.3 Å². The molecule has 2 aromatic rings. The van der Waals surface area contributed by atoms with Crippen molar-refractivity contribution in [3.63, 3.8) is 0 Å². The minimum atomic E-state index is -0.657. The molecule has 0 saturated carbocycles. The predicted molar refractivity (Wildman–Crippen MR) is 74.9 cm³/mol. The van der Waals surface area contributed by atoms with Gasteiger partial charge in [-0.25, -0.2) is 9.59 Å². The van der Waals surface area contributed by atoms with Crippen molar-refractivity contribution in [3.05, 3.63) is 9.75 Å². The summed E-state index contributed by atoms with van der Waals surface area (Å²) in [5.41, 5.74) is 0. The Kier molecular flexibility index (Phi) is 4.15. The van der Waals surface area contributed by atoms with E-state index in [1.165, 1.54) is 0 Å². The Morgan fingerprint density at radius 2 is 1.35 bits per heavy atom. The number of carbonyl (C=O) groups is 2. The Hall–Kier alpha value is -1.80. The molecule has 0 fully saturated rings. The molecule has 8 heteroatoms. The van der Waals surface area contributed by atoms with Crippen molar-refractivity contribution in [3.8, 4) is 11.5 Å². The average molecular weight is 316 g/mol. The summed E-state index contributed by atoms with van der Waals surface area (Å²) in [4.78, 5) is 23.3. The second-order valence-corrected chi connectivity index (χ2v) is 5.96. The van der Waals surface area contributed by atoms with Gasteiger partial charge in [0.25, 0.3) is 0 Å². The maximum atomic E-state index is 11.6. The van der Waals surface area contributed by atoms with E-state index in [4.69, 9.17) is 9.47 Å². The van der Waals surface area contributed by atoms with E-state index in [2.05, 4.69) is 0 Å². The van der Waals surface area contributed by atoms with E-state index in [1.54, 1.807) is 13.8 Å². The van der Waals surface area contributed by atoms with Gasteiger partial charge in [0, 0.05) is 0 Å². The van der Waals surface area contributed by atoms with E-state index < -0.39 is 11.9 Å². The first-order chi connectivity index (χ1) is 9.51. The molecule has 0 aliphatic rings. The molecule has 0 bridgehead atoms. The van der Waals surface area contributed by atoms with Gasteiger partial charge in [0.2, 0.25) is 0 Å². The molecule has 0 amide bonds. The highest BCUT2D eigenvalue weighted by Crippen LogP contribution is 2.48. The molecular weight excluding hydrogens is 304 g/mol. The van der Waals surface area contributed by atoms with E-state index in [0.29, 0.717) is 4.01 Å². The largest absolute Gasteiger partial charge is 0.505 e. The minimum Gasteiger partial charge on any atom is -0.505 e. The lowest BCUT2D eigenvalue weighted by Crippen LogP contribution is -2.03. The number of aromatic hydroxyl groups is 2. The lowest BCUT2D eigenvalue weighted by Gasteiger charge is -2.00. The molecule has 20 heavy (non-hydrogen) atoms. The van der Waals surface area contributed by atoms with Crippen molar-refractivity contribution in [1.82, 2.24) is 0 Å². The monoisotopic (exact) mass is 316 g/mol. The van der Waals surface area contributed by atoms with Crippen molar-refractivity contribution in [2.24, 2.45) is 0 Å². The van der Waals surface area contributed by atoms with Gasteiger partial charge in [0.05, 0.1) is 22.6 Å². The number of rotatable bonds is 4. The average Bonchev–Trinajstić information content (AvgIpc) is 2.89. The van der Waals surface area contributed by atoms with Crippen LogP contribution < -0.4 is 0 Å². The van der Waals surface area contributed by atoms with Crippen LogP contribution in [0.15, 0.2) is 0 Å². The van der Waals surface area contributed by atoms with Crippen LogP contribution in [0.25, 0.3) is 9.40 Å². The van der Waals surface area contributed by atoms with Crippen LogP contribution in [0.3, 0.4) is 0 Å². The van der Waals surface area contributed by atoms with Gasteiger partial charge in [-0.1, -0.05) is 0 Å². The standard InChI is InChI=1S/C12H12O6S2/c1-3-17-10(15)8-6(13)5-7(14)9(11(16)18-4-2)20-12(5)19-8/h13-14H,3-4H2,1-2H3. The summed E-state index contributed by atoms with van der Waals surface area (Å²) in [7, 11) is 0. The van der Waals surface area contributed by atoms with Gasteiger partial charge in [-0.15, -0.1) is 22.7 Å². The first-order valence-corrected chi connectivity index (χ1v) is 7.45. The first kappa shape index (κ1) is 14.6. The summed E-state index contributed by atoms with van der Waals surface area (Å²) in [5.74, 6) is -2.05. The van der Waals surface area contributed by atoms with Gasteiger partial charge in [-0.2, -0.15) is 0 Å². The van der Waals surface area contributed by atoms with E-state index in [9.17, 15) is 19.8 Å². The number of carbonyl (C=O) groups excluding carboxylic acids is 2. The van der Waals surface area contributed by atoms with Crippen molar-refractivity contribution < 1.29 is 29.3 Å². The maximum Gasteiger partial charge on any atom is 0.352 e. The Bertz CT molecular complexity index is 616. The third kappa shape index (κ3) is 2.32. The Balaban J connectivity index is 2.49. The van der Waals surface area contributed by atoms with Crippen LogP contribution in [0.4, 0.5) is 0 Å². The molecule has 2 heterocycles. The highest BCUT2D eigenvalue weighted by molar-refractivity contribution is 7.40. The fraction of sp³-hybridized carbons (Fsp3) is 0.333. The molecule has 0 aliphatic heterocycles. The second kappa shape index (κ2) is 5.68. The molecule has 0 radical (unpaired) electrons. The summed E-state index contributed by atoms with van der Waals surface area (Å²) in [5, 5.41) is 20.1. The van der Waals surface area contributed by atoms with Crippen molar-refractivity contribution >= 4 is 44.0 Å². The summed E-state index contributed by atoms with van der Waals surface area (Å²) in [6, 6.07) is 0. The predicted octanol–water partition coefficient (Wildman–Crippen LogP) is 2.73. The molecule has 0 saturated heterocycles.